The highest BCUT2D eigenvalue weighted by molar-refractivity contribution is 9.10. The van der Waals surface area contributed by atoms with Crippen LogP contribution in [0.15, 0.2) is 15.1 Å². The van der Waals surface area contributed by atoms with E-state index >= 15 is 0 Å². The first-order valence-corrected chi connectivity index (χ1v) is 6.64. The third kappa shape index (κ3) is 2.20. The largest absolute Gasteiger partial charge is 0.419 e. The van der Waals surface area contributed by atoms with E-state index in [-0.39, 0.29) is 5.92 Å². The lowest BCUT2D eigenvalue weighted by atomic mass is 10.0. The second-order valence-corrected chi connectivity index (χ2v) is 5.15. The molecule has 1 fully saturated rings. The van der Waals surface area contributed by atoms with Crippen LogP contribution in [0.1, 0.15) is 24.7 Å². The Morgan fingerprint density at radius 3 is 3.00 bits per heavy atom. The highest BCUT2D eigenvalue weighted by atomic mass is 79.9. The van der Waals surface area contributed by atoms with Gasteiger partial charge in [0.2, 0.25) is 5.89 Å². The molecule has 0 amide bonds. The van der Waals surface area contributed by atoms with Crippen molar-refractivity contribution in [2.45, 2.75) is 18.8 Å². The standard InChI is InChI=1S/C11H13BrN4O2/c1-16-8(5-9(12)15-16)11-14-13-10(18-11)7-3-2-4-17-6-7/h5,7H,2-4,6H2,1H3. The molecule has 3 heterocycles. The van der Waals surface area contributed by atoms with Gasteiger partial charge in [0.15, 0.2) is 0 Å². The Hall–Kier alpha value is -1.21. The maximum atomic E-state index is 5.72. The monoisotopic (exact) mass is 312 g/mol. The van der Waals surface area contributed by atoms with E-state index in [9.17, 15) is 0 Å². The SMILES string of the molecule is Cn1nc(Br)cc1-c1nnc(C2CCCOC2)o1. The normalized spacial score (nSPS) is 20.2. The second-order valence-electron chi connectivity index (χ2n) is 4.34. The molecule has 1 atom stereocenters. The summed E-state index contributed by atoms with van der Waals surface area (Å²) in [6, 6.07) is 1.86. The van der Waals surface area contributed by atoms with Crippen LogP contribution in [-0.4, -0.2) is 33.2 Å². The summed E-state index contributed by atoms with van der Waals surface area (Å²) in [6.07, 6.45) is 2.08. The van der Waals surface area contributed by atoms with Gasteiger partial charge in [-0.15, -0.1) is 10.2 Å². The van der Waals surface area contributed by atoms with Crippen molar-refractivity contribution in [1.82, 2.24) is 20.0 Å². The lowest BCUT2D eigenvalue weighted by molar-refractivity contribution is 0.0727. The first-order valence-electron chi connectivity index (χ1n) is 5.85. The molecule has 2 aromatic heterocycles. The molecule has 1 aliphatic heterocycles. The first-order chi connectivity index (χ1) is 8.74. The number of aryl methyl sites for hydroxylation is 1. The Morgan fingerprint density at radius 1 is 1.44 bits per heavy atom. The zero-order valence-corrected chi connectivity index (χ0v) is 11.6. The summed E-state index contributed by atoms with van der Waals surface area (Å²) in [5.41, 5.74) is 0.803. The topological polar surface area (TPSA) is 66.0 Å². The molecule has 0 aliphatic carbocycles. The predicted octanol–water partition coefficient (Wildman–Crippen LogP) is 2.13. The highest BCUT2D eigenvalue weighted by Crippen LogP contribution is 2.27. The van der Waals surface area contributed by atoms with E-state index in [1.807, 2.05) is 13.1 Å². The maximum Gasteiger partial charge on any atom is 0.265 e. The number of aromatic nitrogens is 4. The van der Waals surface area contributed by atoms with Crippen molar-refractivity contribution in [3.8, 4) is 11.6 Å². The molecule has 0 N–H and O–H groups in total. The molecular formula is C11H13BrN4O2. The molecule has 0 aromatic carbocycles. The predicted molar refractivity (Wildman–Crippen MR) is 67.0 cm³/mol. The van der Waals surface area contributed by atoms with Gasteiger partial charge in [-0.3, -0.25) is 4.68 Å². The molecule has 7 heteroatoms. The molecular weight excluding hydrogens is 300 g/mol. The van der Waals surface area contributed by atoms with E-state index < -0.39 is 0 Å². The zero-order valence-electron chi connectivity index (χ0n) is 9.97. The molecule has 2 aromatic rings. The number of ether oxygens (including phenoxy) is 1. The molecule has 1 unspecified atom stereocenters. The van der Waals surface area contributed by atoms with E-state index in [2.05, 4.69) is 31.2 Å². The van der Waals surface area contributed by atoms with Gasteiger partial charge in [-0.1, -0.05) is 0 Å². The Kier molecular flexibility index (Phi) is 3.17. The number of hydrogen-bond acceptors (Lipinski definition) is 5. The van der Waals surface area contributed by atoms with Crippen LogP contribution in [0.5, 0.6) is 0 Å². The molecule has 1 aliphatic rings. The minimum absolute atomic E-state index is 0.219. The van der Waals surface area contributed by atoms with Crippen molar-refractivity contribution in [1.29, 1.82) is 0 Å². The maximum absolute atomic E-state index is 5.72. The Morgan fingerprint density at radius 2 is 2.33 bits per heavy atom. The molecule has 0 spiro atoms. The van der Waals surface area contributed by atoms with E-state index in [1.54, 1.807) is 4.68 Å². The molecule has 1 saturated heterocycles. The zero-order chi connectivity index (χ0) is 12.5. The lowest BCUT2D eigenvalue weighted by Crippen LogP contribution is -2.15. The van der Waals surface area contributed by atoms with Crippen molar-refractivity contribution < 1.29 is 9.15 Å². The van der Waals surface area contributed by atoms with Gasteiger partial charge in [0.05, 0.1) is 12.5 Å². The Balaban J connectivity index is 1.86. The minimum Gasteiger partial charge on any atom is -0.419 e. The summed E-state index contributed by atoms with van der Waals surface area (Å²) in [7, 11) is 1.84. The fourth-order valence-electron chi connectivity index (χ4n) is 2.07. The first kappa shape index (κ1) is 11.9. The quantitative estimate of drug-likeness (QED) is 0.850. The average Bonchev–Trinajstić information content (AvgIpc) is 2.97. The summed E-state index contributed by atoms with van der Waals surface area (Å²) < 4.78 is 13.6. The molecule has 6 nitrogen and oxygen atoms in total. The second kappa shape index (κ2) is 4.81. The molecule has 0 bridgehead atoms. The molecule has 96 valence electrons. The third-order valence-corrected chi connectivity index (χ3v) is 3.41. The van der Waals surface area contributed by atoms with E-state index in [4.69, 9.17) is 9.15 Å². The molecule has 0 saturated carbocycles. The number of halogens is 1. The van der Waals surface area contributed by atoms with Crippen molar-refractivity contribution >= 4 is 15.9 Å². The van der Waals surface area contributed by atoms with Crippen LogP contribution in [0.25, 0.3) is 11.6 Å². The van der Waals surface area contributed by atoms with Crippen LogP contribution in [0.2, 0.25) is 0 Å². The summed E-state index contributed by atoms with van der Waals surface area (Å²) >= 11 is 3.32. The minimum atomic E-state index is 0.219. The number of hydrogen-bond donors (Lipinski definition) is 0. The summed E-state index contributed by atoms with van der Waals surface area (Å²) in [6.45, 7) is 1.49. The molecule has 18 heavy (non-hydrogen) atoms. The number of rotatable bonds is 2. The highest BCUT2D eigenvalue weighted by Gasteiger charge is 2.23. The van der Waals surface area contributed by atoms with E-state index in [0.717, 1.165) is 29.7 Å². The van der Waals surface area contributed by atoms with Crippen LogP contribution in [0.4, 0.5) is 0 Å². The van der Waals surface area contributed by atoms with Crippen LogP contribution in [0, 0.1) is 0 Å². The van der Waals surface area contributed by atoms with E-state index in [1.165, 1.54) is 0 Å². The summed E-state index contributed by atoms with van der Waals surface area (Å²) in [5, 5.41) is 12.4. The van der Waals surface area contributed by atoms with Gasteiger partial charge >= 0.3 is 0 Å². The van der Waals surface area contributed by atoms with Crippen molar-refractivity contribution in [2.75, 3.05) is 13.2 Å². The van der Waals surface area contributed by atoms with Crippen LogP contribution < -0.4 is 0 Å². The van der Waals surface area contributed by atoms with Crippen molar-refractivity contribution in [3.63, 3.8) is 0 Å². The lowest BCUT2D eigenvalue weighted by Gasteiger charge is -2.18. The fourth-order valence-corrected chi connectivity index (χ4v) is 2.53. The van der Waals surface area contributed by atoms with Crippen molar-refractivity contribution in [3.05, 3.63) is 16.6 Å². The van der Waals surface area contributed by atoms with Crippen LogP contribution >= 0.6 is 15.9 Å². The van der Waals surface area contributed by atoms with E-state index in [0.29, 0.717) is 18.4 Å². The van der Waals surface area contributed by atoms with Crippen LogP contribution in [-0.2, 0) is 11.8 Å². The van der Waals surface area contributed by atoms with Crippen LogP contribution in [0.3, 0.4) is 0 Å². The van der Waals surface area contributed by atoms with Gasteiger partial charge in [-0.25, -0.2) is 0 Å². The summed E-state index contributed by atoms with van der Waals surface area (Å²) in [5.74, 6) is 1.37. The van der Waals surface area contributed by atoms with Gasteiger partial charge in [0.25, 0.3) is 5.89 Å². The summed E-state index contributed by atoms with van der Waals surface area (Å²) in [4.78, 5) is 0. The average molecular weight is 313 g/mol. The molecule has 3 rings (SSSR count). The Bertz CT molecular complexity index is 545. The number of nitrogens with zero attached hydrogens (tertiary/aromatic N) is 4. The van der Waals surface area contributed by atoms with Gasteiger partial charge in [0.1, 0.15) is 10.3 Å². The molecule has 0 radical (unpaired) electrons. The van der Waals surface area contributed by atoms with Gasteiger partial charge in [-0.05, 0) is 28.8 Å². The van der Waals surface area contributed by atoms with Gasteiger partial charge < -0.3 is 9.15 Å². The Labute approximate surface area is 112 Å². The smallest absolute Gasteiger partial charge is 0.265 e. The van der Waals surface area contributed by atoms with Gasteiger partial charge in [-0.2, -0.15) is 5.10 Å². The van der Waals surface area contributed by atoms with Gasteiger partial charge in [0, 0.05) is 19.7 Å². The fraction of sp³-hybridized carbons (Fsp3) is 0.545. The van der Waals surface area contributed by atoms with Crippen molar-refractivity contribution in [2.24, 2.45) is 7.05 Å². The third-order valence-electron chi connectivity index (χ3n) is 3.02.